The first-order valence-corrected chi connectivity index (χ1v) is 10.3. The van der Waals surface area contributed by atoms with Gasteiger partial charge < -0.3 is 15.0 Å². The maximum absolute atomic E-state index is 13.8. The minimum Gasteiger partial charge on any atom is -0.381 e. The predicted octanol–water partition coefficient (Wildman–Crippen LogP) is 4.52. The normalized spacial score (nSPS) is 15.8. The monoisotopic (exact) mass is 448 g/mol. The van der Waals surface area contributed by atoms with E-state index in [2.05, 4.69) is 33.4 Å². The van der Waals surface area contributed by atoms with Crippen LogP contribution in [-0.2, 0) is 16.6 Å². The van der Waals surface area contributed by atoms with Crippen LogP contribution in [0.5, 0.6) is 0 Å². The second kappa shape index (κ2) is 9.52. The molecule has 0 bridgehead atoms. The molecule has 2 amide bonds. The number of halogens is 2. The maximum Gasteiger partial charge on any atom is 0.317 e. The van der Waals surface area contributed by atoms with Gasteiger partial charge in [0.1, 0.15) is 5.82 Å². The number of nitrogens with one attached hydrogen (secondary N) is 1. The highest BCUT2D eigenvalue weighted by molar-refractivity contribution is 9.10. The van der Waals surface area contributed by atoms with E-state index >= 15 is 0 Å². The van der Waals surface area contributed by atoms with Crippen LogP contribution in [0.25, 0.3) is 0 Å². The van der Waals surface area contributed by atoms with Crippen LogP contribution < -0.4 is 5.32 Å². The Balaban J connectivity index is 1.59. The molecule has 1 aliphatic heterocycles. The topological polar surface area (TPSA) is 41.6 Å². The molecule has 1 N–H and O–H groups in total. The Labute approximate surface area is 174 Å². The van der Waals surface area contributed by atoms with Gasteiger partial charge in [-0.05, 0) is 54.7 Å². The smallest absolute Gasteiger partial charge is 0.317 e. The van der Waals surface area contributed by atoms with Crippen molar-refractivity contribution in [1.29, 1.82) is 0 Å². The summed E-state index contributed by atoms with van der Waals surface area (Å²) in [6, 6.07) is 14.7. The molecule has 0 spiro atoms. The molecule has 6 heteroatoms. The molecule has 1 heterocycles. The van der Waals surface area contributed by atoms with E-state index in [9.17, 15) is 9.18 Å². The zero-order valence-electron chi connectivity index (χ0n) is 16.1. The number of benzene rings is 2. The average Bonchev–Trinajstić information content (AvgIpc) is 2.72. The highest BCUT2D eigenvalue weighted by atomic mass is 79.9. The van der Waals surface area contributed by atoms with E-state index in [0.29, 0.717) is 26.3 Å². The lowest BCUT2D eigenvalue weighted by Crippen LogP contribution is -2.48. The third-order valence-electron chi connectivity index (χ3n) is 5.46. The van der Waals surface area contributed by atoms with Gasteiger partial charge in [-0.3, -0.25) is 0 Å². The number of urea groups is 1. The van der Waals surface area contributed by atoms with E-state index in [1.807, 2.05) is 18.2 Å². The van der Waals surface area contributed by atoms with Crippen molar-refractivity contribution < 1.29 is 13.9 Å². The van der Waals surface area contributed by atoms with Gasteiger partial charge in [0.15, 0.2) is 0 Å². The fraction of sp³-hybridized carbons (Fsp3) is 0.409. The summed E-state index contributed by atoms with van der Waals surface area (Å²) in [5.41, 5.74) is 1.82. The summed E-state index contributed by atoms with van der Waals surface area (Å²) < 4.78 is 20.3. The van der Waals surface area contributed by atoms with Crippen molar-refractivity contribution in [2.24, 2.45) is 0 Å². The minimum atomic E-state index is -0.289. The number of amides is 2. The van der Waals surface area contributed by atoms with Crippen molar-refractivity contribution in [1.82, 2.24) is 10.2 Å². The van der Waals surface area contributed by atoms with E-state index in [4.69, 9.17) is 4.74 Å². The Bertz CT molecular complexity index is 791. The first-order chi connectivity index (χ1) is 13.5. The van der Waals surface area contributed by atoms with Crippen molar-refractivity contribution in [3.63, 3.8) is 0 Å². The molecular formula is C22H26BrFN2O2. The van der Waals surface area contributed by atoms with Crippen LogP contribution in [0.15, 0.2) is 53.0 Å². The molecule has 2 aromatic carbocycles. The molecule has 0 aliphatic carbocycles. The number of hydrogen-bond donors (Lipinski definition) is 1. The molecule has 0 aromatic heterocycles. The number of carbonyl (C=O) groups excluding carboxylic acids is 1. The molecule has 0 saturated carbocycles. The van der Waals surface area contributed by atoms with Gasteiger partial charge in [-0.2, -0.15) is 0 Å². The third-order valence-corrected chi connectivity index (χ3v) is 5.99. The Kier molecular flexibility index (Phi) is 7.08. The Morgan fingerprint density at radius 3 is 2.61 bits per heavy atom. The summed E-state index contributed by atoms with van der Waals surface area (Å²) in [4.78, 5) is 14.3. The zero-order chi connectivity index (χ0) is 20.0. The first-order valence-electron chi connectivity index (χ1n) is 9.56. The summed E-state index contributed by atoms with van der Waals surface area (Å²) in [6.45, 7) is 2.34. The van der Waals surface area contributed by atoms with Crippen molar-refractivity contribution in [3.05, 3.63) is 69.9 Å². The van der Waals surface area contributed by atoms with Crippen LogP contribution in [-0.4, -0.2) is 44.3 Å². The van der Waals surface area contributed by atoms with Gasteiger partial charge in [0.25, 0.3) is 0 Å². The van der Waals surface area contributed by atoms with Crippen molar-refractivity contribution in [3.8, 4) is 0 Å². The molecule has 4 nitrogen and oxygen atoms in total. The second-order valence-corrected chi connectivity index (χ2v) is 8.28. The molecule has 1 saturated heterocycles. The number of rotatable bonds is 6. The molecule has 0 atom stereocenters. The van der Waals surface area contributed by atoms with E-state index in [1.54, 1.807) is 24.1 Å². The first kappa shape index (κ1) is 20.8. The van der Waals surface area contributed by atoms with E-state index in [1.165, 1.54) is 11.6 Å². The quantitative estimate of drug-likeness (QED) is 0.705. The standard InChI is InChI=1S/C22H26BrFN2O2/c1-26(12-9-17-5-7-19(23)8-6-17)21(27)25-16-22(10-13-28-14-11-22)18-3-2-4-20(24)15-18/h2-8,15H,9-14,16H2,1H3,(H,25,27). The number of ether oxygens (including phenoxy) is 1. The molecule has 0 radical (unpaired) electrons. The summed E-state index contributed by atoms with van der Waals surface area (Å²) >= 11 is 3.43. The maximum atomic E-state index is 13.8. The average molecular weight is 449 g/mol. The lowest BCUT2D eigenvalue weighted by molar-refractivity contribution is 0.0501. The SMILES string of the molecule is CN(CCc1ccc(Br)cc1)C(=O)NCC1(c2cccc(F)c2)CCOCC1. The number of nitrogens with zero attached hydrogens (tertiary/aromatic N) is 1. The molecule has 2 aromatic rings. The lowest BCUT2D eigenvalue weighted by Gasteiger charge is -2.38. The molecule has 3 rings (SSSR count). The summed E-state index contributed by atoms with van der Waals surface area (Å²) in [5.74, 6) is -0.249. The highest BCUT2D eigenvalue weighted by Gasteiger charge is 2.35. The van der Waals surface area contributed by atoms with Gasteiger partial charge >= 0.3 is 6.03 Å². The van der Waals surface area contributed by atoms with Gasteiger partial charge in [0.05, 0.1) is 0 Å². The number of likely N-dealkylation sites (N-methyl/N-ethyl adjacent to an activating group) is 1. The van der Waals surface area contributed by atoms with Crippen molar-refractivity contribution >= 4 is 22.0 Å². The Hall–Kier alpha value is -1.92. The van der Waals surface area contributed by atoms with Crippen LogP contribution in [0.4, 0.5) is 9.18 Å². The fourth-order valence-corrected chi connectivity index (χ4v) is 3.84. The van der Waals surface area contributed by atoms with Gasteiger partial charge in [-0.15, -0.1) is 0 Å². The van der Waals surface area contributed by atoms with Crippen LogP contribution in [0.3, 0.4) is 0 Å². The molecule has 1 fully saturated rings. The van der Waals surface area contributed by atoms with Crippen LogP contribution >= 0.6 is 15.9 Å². The summed E-state index contributed by atoms with van der Waals surface area (Å²) in [5, 5.41) is 3.06. The van der Waals surface area contributed by atoms with Gasteiger partial charge in [-0.25, -0.2) is 9.18 Å². The highest BCUT2D eigenvalue weighted by Crippen LogP contribution is 2.34. The third kappa shape index (κ3) is 5.32. The van der Waals surface area contributed by atoms with E-state index in [-0.39, 0.29) is 17.3 Å². The zero-order valence-corrected chi connectivity index (χ0v) is 17.7. The number of carbonyl (C=O) groups is 1. The van der Waals surface area contributed by atoms with Crippen LogP contribution in [0.2, 0.25) is 0 Å². The largest absolute Gasteiger partial charge is 0.381 e. The van der Waals surface area contributed by atoms with Crippen LogP contribution in [0.1, 0.15) is 24.0 Å². The number of hydrogen-bond acceptors (Lipinski definition) is 2. The fourth-order valence-electron chi connectivity index (χ4n) is 3.58. The van der Waals surface area contributed by atoms with Gasteiger partial charge in [0, 0.05) is 43.2 Å². The van der Waals surface area contributed by atoms with E-state index in [0.717, 1.165) is 29.3 Å². The Morgan fingerprint density at radius 2 is 1.93 bits per heavy atom. The molecule has 0 unspecified atom stereocenters. The van der Waals surface area contributed by atoms with Crippen LogP contribution in [0, 0.1) is 5.82 Å². The Morgan fingerprint density at radius 1 is 1.21 bits per heavy atom. The van der Waals surface area contributed by atoms with Crippen molar-refractivity contribution in [2.45, 2.75) is 24.7 Å². The van der Waals surface area contributed by atoms with Gasteiger partial charge in [0.2, 0.25) is 0 Å². The molecule has 1 aliphatic rings. The van der Waals surface area contributed by atoms with E-state index < -0.39 is 0 Å². The second-order valence-electron chi connectivity index (χ2n) is 7.36. The summed E-state index contributed by atoms with van der Waals surface area (Å²) in [7, 11) is 1.80. The minimum absolute atomic E-state index is 0.112. The lowest BCUT2D eigenvalue weighted by atomic mass is 9.74. The molecule has 28 heavy (non-hydrogen) atoms. The summed E-state index contributed by atoms with van der Waals surface area (Å²) in [6.07, 6.45) is 2.32. The van der Waals surface area contributed by atoms with Crippen molar-refractivity contribution in [2.75, 3.05) is 33.4 Å². The van der Waals surface area contributed by atoms with Gasteiger partial charge in [-0.1, -0.05) is 40.2 Å². The molecular weight excluding hydrogens is 423 g/mol. The predicted molar refractivity (Wildman–Crippen MR) is 112 cm³/mol. The molecule has 150 valence electrons.